The van der Waals surface area contributed by atoms with Gasteiger partial charge in [0, 0.05) is 19.3 Å². The third-order valence-electron chi connectivity index (χ3n) is 14.8. The summed E-state index contributed by atoms with van der Waals surface area (Å²) in [6.07, 6.45) is 65.3. The Bertz CT molecular complexity index is 1060. The summed E-state index contributed by atoms with van der Waals surface area (Å²) in [5.41, 5.74) is 0. The standard InChI is InChI=1S/C64H124O6/c1-5-7-9-11-13-15-17-19-21-22-23-24-28-33-37-41-45-49-53-57-64(67)70-61(58-68-62(65)55-51-47-43-39-35-31-26-20-18-16-14-12-10-8-6-2)59-69-63(66)56-52-48-44-40-36-32-29-25-27-30-34-38-42-46-50-54-60(3)4/h60-61H,5-59H2,1-4H3/t61-/m0/s1. The summed E-state index contributed by atoms with van der Waals surface area (Å²) < 4.78 is 17.0. The van der Waals surface area contributed by atoms with E-state index in [1.165, 1.54) is 263 Å². The van der Waals surface area contributed by atoms with Crippen molar-refractivity contribution in [2.75, 3.05) is 13.2 Å². The predicted molar refractivity (Wildman–Crippen MR) is 303 cm³/mol. The number of ether oxygens (including phenoxy) is 3. The Labute approximate surface area is 438 Å². The van der Waals surface area contributed by atoms with E-state index in [0.29, 0.717) is 19.3 Å². The smallest absolute Gasteiger partial charge is 0.306 e. The van der Waals surface area contributed by atoms with Gasteiger partial charge in [0.15, 0.2) is 6.10 Å². The molecule has 0 fully saturated rings. The lowest BCUT2D eigenvalue weighted by molar-refractivity contribution is -0.167. The molecule has 0 radical (unpaired) electrons. The Morgan fingerprint density at radius 2 is 0.471 bits per heavy atom. The van der Waals surface area contributed by atoms with Gasteiger partial charge in [-0.2, -0.15) is 0 Å². The number of rotatable bonds is 59. The lowest BCUT2D eigenvalue weighted by Gasteiger charge is -2.18. The largest absolute Gasteiger partial charge is 0.462 e. The van der Waals surface area contributed by atoms with E-state index in [1.54, 1.807) is 0 Å². The first kappa shape index (κ1) is 68.4. The van der Waals surface area contributed by atoms with E-state index in [9.17, 15) is 14.4 Å². The van der Waals surface area contributed by atoms with E-state index < -0.39 is 6.10 Å². The average Bonchev–Trinajstić information content (AvgIpc) is 3.35. The van der Waals surface area contributed by atoms with Gasteiger partial charge < -0.3 is 14.2 Å². The summed E-state index contributed by atoms with van der Waals surface area (Å²) in [5, 5.41) is 0. The van der Waals surface area contributed by atoms with Gasteiger partial charge in [-0.25, -0.2) is 0 Å². The second-order valence-corrected chi connectivity index (χ2v) is 22.5. The molecule has 1 atom stereocenters. The molecule has 0 saturated carbocycles. The maximum atomic E-state index is 12.9. The molecule has 0 aromatic heterocycles. The molecule has 6 heteroatoms. The van der Waals surface area contributed by atoms with Crippen molar-refractivity contribution in [1.29, 1.82) is 0 Å². The van der Waals surface area contributed by atoms with Crippen LogP contribution in [0.5, 0.6) is 0 Å². The van der Waals surface area contributed by atoms with Crippen LogP contribution in [0.25, 0.3) is 0 Å². The third kappa shape index (κ3) is 57.3. The molecule has 0 aliphatic heterocycles. The number of unbranched alkanes of at least 4 members (excludes halogenated alkanes) is 46. The van der Waals surface area contributed by atoms with Crippen LogP contribution in [0.3, 0.4) is 0 Å². The number of hydrogen-bond donors (Lipinski definition) is 0. The van der Waals surface area contributed by atoms with Crippen LogP contribution >= 0.6 is 0 Å². The van der Waals surface area contributed by atoms with E-state index >= 15 is 0 Å². The van der Waals surface area contributed by atoms with E-state index in [4.69, 9.17) is 14.2 Å². The van der Waals surface area contributed by atoms with Crippen molar-refractivity contribution in [1.82, 2.24) is 0 Å². The van der Waals surface area contributed by atoms with Crippen LogP contribution in [0.15, 0.2) is 0 Å². The quantitative estimate of drug-likeness (QED) is 0.0343. The van der Waals surface area contributed by atoms with E-state index in [2.05, 4.69) is 27.7 Å². The molecular weight excluding hydrogens is 865 g/mol. The highest BCUT2D eigenvalue weighted by Crippen LogP contribution is 2.19. The van der Waals surface area contributed by atoms with Crippen LogP contribution in [-0.2, 0) is 28.6 Å². The molecule has 0 aromatic rings. The fourth-order valence-corrected chi connectivity index (χ4v) is 9.99. The Balaban J connectivity index is 4.28. The molecule has 416 valence electrons. The molecule has 0 rings (SSSR count). The highest BCUT2D eigenvalue weighted by Gasteiger charge is 2.19. The van der Waals surface area contributed by atoms with Crippen molar-refractivity contribution in [2.24, 2.45) is 5.92 Å². The molecule has 0 saturated heterocycles. The summed E-state index contributed by atoms with van der Waals surface area (Å²) in [6, 6.07) is 0. The summed E-state index contributed by atoms with van der Waals surface area (Å²) in [6.45, 7) is 9.09. The Morgan fingerprint density at radius 1 is 0.271 bits per heavy atom. The molecule has 0 unspecified atom stereocenters. The minimum atomic E-state index is -0.763. The summed E-state index contributed by atoms with van der Waals surface area (Å²) in [7, 11) is 0. The molecular formula is C64H124O6. The second-order valence-electron chi connectivity index (χ2n) is 22.5. The van der Waals surface area contributed by atoms with Gasteiger partial charge in [-0.3, -0.25) is 14.4 Å². The Morgan fingerprint density at radius 3 is 0.700 bits per heavy atom. The summed E-state index contributed by atoms with van der Waals surface area (Å²) in [4.78, 5) is 38.3. The van der Waals surface area contributed by atoms with Gasteiger partial charge in [0.25, 0.3) is 0 Å². The molecule has 70 heavy (non-hydrogen) atoms. The van der Waals surface area contributed by atoms with Crippen LogP contribution in [0.1, 0.15) is 368 Å². The average molecular weight is 990 g/mol. The summed E-state index contributed by atoms with van der Waals surface area (Å²) in [5.74, 6) is 0.0217. The lowest BCUT2D eigenvalue weighted by atomic mass is 10.0. The van der Waals surface area contributed by atoms with Gasteiger partial charge in [-0.1, -0.05) is 329 Å². The monoisotopic (exact) mass is 989 g/mol. The molecule has 0 aliphatic carbocycles. The van der Waals surface area contributed by atoms with Gasteiger partial charge in [0.2, 0.25) is 0 Å². The van der Waals surface area contributed by atoms with Crippen molar-refractivity contribution < 1.29 is 28.6 Å². The first-order valence-electron chi connectivity index (χ1n) is 31.9. The topological polar surface area (TPSA) is 78.9 Å². The zero-order chi connectivity index (χ0) is 50.9. The van der Waals surface area contributed by atoms with Gasteiger partial charge in [0.1, 0.15) is 13.2 Å². The molecule has 0 N–H and O–H groups in total. The fraction of sp³-hybridized carbons (Fsp3) is 0.953. The molecule has 0 aromatic carbocycles. The zero-order valence-corrected chi connectivity index (χ0v) is 48.0. The zero-order valence-electron chi connectivity index (χ0n) is 48.0. The van der Waals surface area contributed by atoms with Crippen molar-refractivity contribution in [3.63, 3.8) is 0 Å². The van der Waals surface area contributed by atoms with Crippen molar-refractivity contribution in [2.45, 2.75) is 374 Å². The molecule has 0 spiro atoms. The van der Waals surface area contributed by atoms with E-state index in [1.807, 2.05) is 0 Å². The van der Waals surface area contributed by atoms with Gasteiger partial charge >= 0.3 is 17.9 Å². The van der Waals surface area contributed by atoms with E-state index in [-0.39, 0.29) is 31.1 Å². The Hall–Kier alpha value is -1.59. The van der Waals surface area contributed by atoms with Crippen molar-refractivity contribution in [3.8, 4) is 0 Å². The minimum Gasteiger partial charge on any atom is -0.462 e. The minimum absolute atomic E-state index is 0.0612. The van der Waals surface area contributed by atoms with Crippen LogP contribution in [-0.4, -0.2) is 37.2 Å². The number of carbonyl (C=O) groups is 3. The fourth-order valence-electron chi connectivity index (χ4n) is 9.99. The van der Waals surface area contributed by atoms with Gasteiger partial charge in [-0.15, -0.1) is 0 Å². The van der Waals surface area contributed by atoms with Crippen LogP contribution in [0.2, 0.25) is 0 Å². The maximum Gasteiger partial charge on any atom is 0.306 e. The van der Waals surface area contributed by atoms with Gasteiger partial charge in [-0.05, 0) is 25.2 Å². The normalized spacial score (nSPS) is 12.0. The maximum absolute atomic E-state index is 12.9. The number of carbonyl (C=O) groups excluding carboxylic acids is 3. The Kier molecular flexibility index (Phi) is 57.0. The molecule has 0 amide bonds. The third-order valence-corrected chi connectivity index (χ3v) is 14.8. The molecule has 0 aliphatic rings. The lowest BCUT2D eigenvalue weighted by Crippen LogP contribution is -2.30. The number of hydrogen-bond acceptors (Lipinski definition) is 6. The predicted octanol–water partition coefficient (Wildman–Crippen LogP) is 21.4. The molecule has 0 heterocycles. The highest BCUT2D eigenvalue weighted by molar-refractivity contribution is 5.71. The first-order chi connectivity index (χ1) is 34.4. The summed E-state index contributed by atoms with van der Waals surface area (Å²) >= 11 is 0. The second kappa shape index (κ2) is 58.3. The first-order valence-corrected chi connectivity index (χ1v) is 31.9. The SMILES string of the molecule is CCCCCCCCCCCCCCCCCCCCCC(=O)O[C@@H](COC(=O)CCCCCCCCCCCCCCCCC)COC(=O)CCCCCCCCCCCCCCCCCC(C)C. The van der Waals surface area contributed by atoms with Crippen LogP contribution in [0.4, 0.5) is 0 Å². The van der Waals surface area contributed by atoms with Crippen molar-refractivity contribution >= 4 is 17.9 Å². The number of esters is 3. The van der Waals surface area contributed by atoms with Crippen LogP contribution in [0, 0.1) is 5.92 Å². The van der Waals surface area contributed by atoms with Crippen molar-refractivity contribution in [3.05, 3.63) is 0 Å². The van der Waals surface area contributed by atoms with Crippen LogP contribution < -0.4 is 0 Å². The molecule has 6 nitrogen and oxygen atoms in total. The van der Waals surface area contributed by atoms with Gasteiger partial charge in [0.05, 0.1) is 0 Å². The highest BCUT2D eigenvalue weighted by atomic mass is 16.6. The van der Waals surface area contributed by atoms with E-state index in [0.717, 1.165) is 63.7 Å². The molecule has 0 bridgehead atoms.